The highest BCUT2D eigenvalue weighted by Gasteiger charge is 2.54. The summed E-state index contributed by atoms with van der Waals surface area (Å²) in [6.45, 7) is -0.257. The minimum absolute atomic E-state index is 0.0229. The number of rotatable bonds is 15. The highest BCUT2D eigenvalue weighted by molar-refractivity contribution is 7.91. The summed E-state index contributed by atoms with van der Waals surface area (Å²) in [4.78, 5) is 22.1. The van der Waals surface area contributed by atoms with Crippen LogP contribution in [0.25, 0.3) is 10.4 Å². The minimum Gasteiger partial charge on any atom is -0.494 e. The molecule has 0 aromatic heterocycles. The van der Waals surface area contributed by atoms with Crippen LogP contribution in [0.3, 0.4) is 0 Å². The molecule has 5 rings (SSSR count). The predicted molar refractivity (Wildman–Crippen MR) is 177 cm³/mol. The Morgan fingerprint density at radius 2 is 1.76 bits per heavy atom. The number of halogens is 2. The van der Waals surface area contributed by atoms with Crippen LogP contribution in [-0.2, 0) is 32.5 Å². The van der Waals surface area contributed by atoms with Crippen LogP contribution in [0.15, 0.2) is 112 Å². The molecule has 2 atom stereocenters. The first-order valence-electron chi connectivity index (χ1n) is 15.4. The van der Waals surface area contributed by atoms with Crippen LogP contribution in [0.2, 0.25) is 0 Å². The molecule has 0 radical (unpaired) electrons. The quantitative estimate of drug-likeness (QED) is 0.0676. The third-order valence-corrected chi connectivity index (χ3v) is 9.71. The number of nitrogens with zero attached hydrogens (tertiary/aromatic N) is 4. The second-order valence-electron chi connectivity index (χ2n) is 11.2. The van der Waals surface area contributed by atoms with Gasteiger partial charge in [0, 0.05) is 42.0 Å². The van der Waals surface area contributed by atoms with Crippen LogP contribution >= 0.6 is 0 Å². The summed E-state index contributed by atoms with van der Waals surface area (Å²) in [7, 11) is -3.94. The molecule has 1 aliphatic rings. The minimum atomic E-state index is -3.94. The first-order valence-corrected chi connectivity index (χ1v) is 17.0. The molecule has 11 nitrogen and oxygen atoms in total. The first kappa shape index (κ1) is 35.0. The molecule has 0 fully saturated rings. The lowest BCUT2D eigenvalue weighted by Gasteiger charge is -2.31. The number of benzene rings is 4. The number of hydrogen-bond acceptors (Lipinski definition) is 8. The molecule has 49 heavy (non-hydrogen) atoms. The van der Waals surface area contributed by atoms with Gasteiger partial charge in [0.05, 0.1) is 23.8 Å². The van der Waals surface area contributed by atoms with E-state index in [0.29, 0.717) is 35.5 Å². The molecule has 0 unspecified atom stereocenters. The predicted octanol–water partition coefficient (Wildman–Crippen LogP) is 5.97. The molecule has 1 amide bonds. The fourth-order valence-electron chi connectivity index (χ4n) is 5.43. The standard InChI is InChI=1S/C35H33F2N5O6S/c36-27-13-16-31(37)26(21-27)22-39-34(44)35(17-20-49(45,46)29-8-2-1-3-9-29)32(30-10-5-4-7-25(30)23-40-42-38)48-33(41-35)24-11-14-28(15-12-24)47-19-6-18-43/h1-5,7-16,21,32,43H,6,17-20,22-23H2,(H,39,44)/t32-,35-/m1/s1. The van der Waals surface area contributed by atoms with Gasteiger partial charge in [-0.25, -0.2) is 22.2 Å². The molecule has 4 aromatic rings. The highest BCUT2D eigenvalue weighted by atomic mass is 32.2. The number of azide groups is 1. The van der Waals surface area contributed by atoms with Crippen molar-refractivity contribution >= 4 is 21.6 Å². The van der Waals surface area contributed by atoms with Gasteiger partial charge >= 0.3 is 0 Å². The van der Waals surface area contributed by atoms with E-state index in [1.807, 2.05) is 0 Å². The van der Waals surface area contributed by atoms with Crippen LogP contribution in [0.4, 0.5) is 8.78 Å². The zero-order valence-corrected chi connectivity index (χ0v) is 27.0. The van der Waals surface area contributed by atoms with Gasteiger partial charge in [0.1, 0.15) is 17.4 Å². The number of nitrogens with one attached hydrogen (secondary N) is 1. The molecular weight excluding hydrogens is 656 g/mol. The van der Waals surface area contributed by atoms with Crippen molar-refractivity contribution in [2.75, 3.05) is 19.0 Å². The second kappa shape index (κ2) is 15.7. The van der Waals surface area contributed by atoms with E-state index >= 15 is 0 Å². The Hall–Kier alpha value is -5.30. The number of ether oxygens (including phenoxy) is 2. The fraction of sp³-hybridized carbons (Fsp3) is 0.257. The van der Waals surface area contributed by atoms with E-state index < -0.39 is 51.3 Å². The van der Waals surface area contributed by atoms with Crippen molar-refractivity contribution < 1.29 is 36.6 Å². The number of sulfone groups is 1. The summed E-state index contributed by atoms with van der Waals surface area (Å²) in [5, 5.41) is 15.4. The molecule has 0 saturated heterocycles. The van der Waals surface area contributed by atoms with E-state index in [0.717, 1.165) is 18.2 Å². The van der Waals surface area contributed by atoms with Crippen molar-refractivity contribution in [3.8, 4) is 5.75 Å². The summed E-state index contributed by atoms with van der Waals surface area (Å²) in [5.74, 6) is -2.22. The van der Waals surface area contributed by atoms with Crippen LogP contribution < -0.4 is 10.1 Å². The van der Waals surface area contributed by atoms with E-state index in [4.69, 9.17) is 25.1 Å². The van der Waals surface area contributed by atoms with Gasteiger partial charge in [0.25, 0.3) is 5.91 Å². The number of aliphatic imine (C=N–C) groups is 1. The van der Waals surface area contributed by atoms with Gasteiger partial charge in [-0.2, -0.15) is 0 Å². The van der Waals surface area contributed by atoms with Crippen molar-refractivity contribution in [3.05, 3.63) is 141 Å². The Morgan fingerprint density at radius 1 is 1.02 bits per heavy atom. The lowest BCUT2D eigenvalue weighted by atomic mass is 9.83. The summed E-state index contributed by atoms with van der Waals surface area (Å²) in [5.41, 5.74) is 8.36. The van der Waals surface area contributed by atoms with Crippen LogP contribution in [0.5, 0.6) is 5.75 Å². The zero-order chi connectivity index (χ0) is 34.9. The first-order chi connectivity index (χ1) is 23.7. The number of carbonyl (C=O) groups is 1. The highest BCUT2D eigenvalue weighted by Crippen LogP contribution is 2.44. The van der Waals surface area contributed by atoms with Gasteiger partial charge in [0.15, 0.2) is 21.5 Å². The third kappa shape index (κ3) is 8.23. The number of aliphatic hydroxyl groups is 1. The largest absolute Gasteiger partial charge is 0.494 e. The number of carbonyl (C=O) groups excluding carboxylic acids is 1. The smallest absolute Gasteiger partial charge is 0.252 e. The molecule has 1 aliphatic heterocycles. The Kier molecular flexibility index (Phi) is 11.2. The summed E-state index contributed by atoms with van der Waals surface area (Å²) in [6, 6.07) is 24.0. The van der Waals surface area contributed by atoms with Gasteiger partial charge in [-0.05, 0) is 71.3 Å². The van der Waals surface area contributed by atoms with Crippen LogP contribution in [0, 0.1) is 11.6 Å². The molecule has 0 saturated carbocycles. The number of hydrogen-bond donors (Lipinski definition) is 2. The van der Waals surface area contributed by atoms with Crippen molar-refractivity contribution in [2.45, 2.75) is 42.5 Å². The molecule has 2 N–H and O–H groups in total. The van der Waals surface area contributed by atoms with E-state index in [9.17, 15) is 22.0 Å². The fourth-order valence-corrected chi connectivity index (χ4v) is 6.82. The molecule has 4 aromatic carbocycles. The van der Waals surface area contributed by atoms with Crippen molar-refractivity contribution in [1.29, 1.82) is 0 Å². The molecule has 0 bridgehead atoms. The summed E-state index contributed by atoms with van der Waals surface area (Å²) >= 11 is 0. The Bertz CT molecular complexity index is 1970. The average Bonchev–Trinajstić information content (AvgIpc) is 3.52. The number of aliphatic hydroxyl groups excluding tert-OH is 1. The van der Waals surface area contributed by atoms with Crippen molar-refractivity contribution in [1.82, 2.24) is 5.32 Å². The van der Waals surface area contributed by atoms with Gasteiger partial charge in [-0.1, -0.05) is 47.6 Å². The maximum absolute atomic E-state index is 14.6. The molecular formula is C35H33F2N5O6S. The molecule has 254 valence electrons. The van der Waals surface area contributed by atoms with Gasteiger partial charge in [-0.15, -0.1) is 0 Å². The van der Waals surface area contributed by atoms with E-state index in [2.05, 4.69) is 15.3 Å². The molecule has 14 heteroatoms. The zero-order valence-electron chi connectivity index (χ0n) is 26.2. The molecule has 1 heterocycles. The summed E-state index contributed by atoms with van der Waals surface area (Å²) < 4.78 is 67.8. The Labute approximate surface area is 281 Å². The maximum atomic E-state index is 14.6. The van der Waals surface area contributed by atoms with Gasteiger partial charge < -0.3 is 19.9 Å². The molecule has 0 spiro atoms. The van der Waals surface area contributed by atoms with E-state index in [1.54, 1.807) is 66.7 Å². The van der Waals surface area contributed by atoms with Gasteiger partial charge in [0.2, 0.25) is 5.90 Å². The van der Waals surface area contributed by atoms with Crippen LogP contribution in [-0.4, -0.2) is 49.8 Å². The normalized spacial score (nSPS) is 17.0. The topological polar surface area (TPSA) is 163 Å². The van der Waals surface area contributed by atoms with Crippen molar-refractivity contribution in [2.24, 2.45) is 10.1 Å². The van der Waals surface area contributed by atoms with E-state index in [1.165, 1.54) is 12.1 Å². The number of amides is 1. The third-order valence-electron chi connectivity index (χ3n) is 7.97. The summed E-state index contributed by atoms with van der Waals surface area (Å²) in [6.07, 6.45) is -1.15. The SMILES string of the molecule is [N-]=[N+]=NCc1ccccc1[C@H]1OC(c2ccc(OCCCO)cc2)=N[C@@]1(CCS(=O)(=O)c1ccccc1)C(=O)NCc1cc(F)ccc1F. The lowest BCUT2D eigenvalue weighted by Crippen LogP contribution is -2.49. The second-order valence-corrected chi connectivity index (χ2v) is 13.3. The average molecular weight is 690 g/mol. The molecule has 0 aliphatic carbocycles. The van der Waals surface area contributed by atoms with E-state index in [-0.39, 0.29) is 35.9 Å². The Morgan fingerprint density at radius 3 is 2.49 bits per heavy atom. The van der Waals surface area contributed by atoms with Crippen molar-refractivity contribution in [3.63, 3.8) is 0 Å². The van der Waals surface area contributed by atoms with Gasteiger partial charge in [-0.3, -0.25) is 4.79 Å². The Balaban J connectivity index is 1.61. The monoisotopic (exact) mass is 689 g/mol. The van der Waals surface area contributed by atoms with Crippen LogP contribution in [0.1, 0.15) is 41.2 Å². The lowest BCUT2D eigenvalue weighted by molar-refractivity contribution is -0.129. The maximum Gasteiger partial charge on any atom is 0.252 e.